The molecule has 2 N–H and O–H groups in total. The minimum atomic E-state index is -2.66. The Morgan fingerprint density at radius 2 is 1.18 bits per heavy atom. The van der Waals surface area contributed by atoms with Gasteiger partial charge >= 0.3 is 0 Å². The van der Waals surface area contributed by atoms with Gasteiger partial charge in [0.1, 0.15) is 12.5 Å². The molecule has 0 aliphatic carbocycles. The summed E-state index contributed by atoms with van der Waals surface area (Å²) in [5, 5.41) is 6.25. The summed E-state index contributed by atoms with van der Waals surface area (Å²) in [5.41, 5.74) is 1.47. The van der Waals surface area contributed by atoms with Gasteiger partial charge in [-0.2, -0.15) is 0 Å². The number of methoxy groups -OCH3 is 4. The fourth-order valence-corrected chi connectivity index (χ4v) is 6.57. The highest BCUT2D eigenvalue weighted by Crippen LogP contribution is 2.40. The fraction of sp³-hybridized carbons (Fsp3) is 0.562. The lowest BCUT2D eigenvalue weighted by atomic mass is 10.1. The molecule has 4 aliphatic rings. The second kappa shape index (κ2) is 13.0. The zero-order chi connectivity index (χ0) is 35.8. The van der Waals surface area contributed by atoms with Gasteiger partial charge in [0.25, 0.3) is 11.8 Å². The molecule has 2 amide bonds. The van der Waals surface area contributed by atoms with Crippen molar-refractivity contribution in [3.8, 4) is 23.0 Å². The molecule has 2 aromatic rings. The molecule has 0 saturated carbocycles. The first-order valence-electron chi connectivity index (χ1n) is 18.0. The summed E-state index contributed by atoms with van der Waals surface area (Å²) in [7, 11) is -2.35. The maximum Gasteiger partial charge on any atom is 0.256 e. The third-order valence-corrected chi connectivity index (χ3v) is 8.79. The van der Waals surface area contributed by atoms with Gasteiger partial charge in [-0.25, -0.2) is 0 Å². The van der Waals surface area contributed by atoms with Crippen molar-refractivity contribution in [3.63, 3.8) is 0 Å². The number of carbonyl (C=O) groups is 2. The molecular weight excluding hydrogens is 568 g/mol. The average Bonchev–Trinajstić information content (AvgIpc) is 3.71. The van der Waals surface area contributed by atoms with Crippen molar-refractivity contribution >= 4 is 23.2 Å². The predicted molar refractivity (Wildman–Crippen MR) is 163 cm³/mol. The van der Waals surface area contributed by atoms with Crippen molar-refractivity contribution in [1.29, 1.82) is 0 Å². The molecule has 12 nitrogen and oxygen atoms in total. The number of hydrogen-bond acceptors (Lipinski definition) is 10. The van der Waals surface area contributed by atoms with Gasteiger partial charge in [0.15, 0.2) is 23.0 Å². The summed E-state index contributed by atoms with van der Waals surface area (Å²) < 4.78 is 79.8. The SMILES string of the molecule is [2H]C([2H])([2H])O[C@@H]1Nc2cc(OCCCCOc3cc4c(cc3OC)C(=O)N3CCC[C@H]3[C@H](OC([2H])([2H])[2H])N4)c(OC)cc2C(=O)N2CCC[C@@H]12. The lowest BCUT2D eigenvalue weighted by Gasteiger charge is -2.28. The molecule has 2 aromatic carbocycles. The molecule has 0 aromatic heterocycles. The van der Waals surface area contributed by atoms with Crippen LogP contribution in [0.3, 0.4) is 0 Å². The van der Waals surface area contributed by atoms with E-state index in [1.165, 1.54) is 14.2 Å². The quantitative estimate of drug-likeness (QED) is 0.359. The van der Waals surface area contributed by atoms with E-state index >= 15 is 0 Å². The Hall–Kier alpha value is -3.90. The van der Waals surface area contributed by atoms with E-state index < -0.39 is 38.6 Å². The topological polar surface area (TPSA) is 120 Å². The number of carbonyl (C=O) groups excluding carboxylic acids is 2. The van der Waals surface area contributed by atoms with Crippen molar-refractivity contribution in [2.75, 3.05) is 65.2 Å². The molecular formula is C32H42N4O8. The minimum absolute atomic E-state index is 0.234. The molecule has 12 heteroatoms. The second-order valence-electron chi connectivity index (χ2n) is 11.3. The smallest absolute Gasteiger partial charge is 0.256 e. The highest BCUT2D eigenvalue weighted by Gasteiger charge is 2.41. The summed E-state index contributed by atoms with van der Waals surface area (Å²) in [6, 6.07) is 5.59. The largest absolute Gasteiger partial charge is 0.493 e. The zero-order valence-corrected chi connectivity index (χ0v) is 24.9. The van der Waals surface area contributed by atoms with Crippen molar-refractivity contribution in [3.05, 3.63) is 35.4 Å². The Bertz CT molecular complexity index is 1480. The van der Waals surface area contributed by atoms with E-state index in [1.807, 2.05) is 0 Å². The molecule has 44 heavy (non-hydrogen) atoms. The number of nitrogens with zero attached hydrogens (tertiary/aromatic N) is 2. The molecule has 0 radical (unpaired) electrons. The summed E-state index contributed by atoms with van der Waals surface area (Å²) in [6.07, 6.45) is 2.00. The first kappa shape index (κ1) is 23.5. The number of nitrogens with one attached hydrogen (secondary N) is 2. The van der Waals surface area contributed by atoms with Crippen LogP contribution in [-0.4, -0.2) is 101 Å². The molecule has 2 saturated heterocycles. The summed E-state index contributed by atoms with van der Waals surface area (Å²) in [4.78, 5) is 30.2. The van der Waals surface area contributed by atoms with Crippen molar-refractivity contribution in [1.82, 2.24) is 9.80 Å². The molecule has 238 valence electrons. The van der Waals surface area contributed by atoms with Gasteiger partial charge in [-0.1, -0.05) is 0 Å². The number of hydrogen-bond donors (Lipinski definition) is 2. The van der Waals surface area contributed by atoms with Gasteiger partial charge in [-0.05, 0) is 50.7 Å². The monoisotopic (exact) mass is 616 g/mol. The first-order valence-corrected chi connectivity index (χ1v) is 15.0. The number of ether oxygens (including phenoxy) is 6. The van der Waals surface area contributed by atoms with Crippen LogP contribution in [0.4, 0.5) is 11.4 Å². The van der Waals surface area contributed by atoms with Crippen LogP contribution in [0, 0.1) is 0 Å². The number of anilines is 2. The third kappa shape index (κ3) is 5.56. The number of amides is 2. The number of unbranched alkanes of at least 4 members (excludes halogenated alkanes) is 1. The van der Waals surface area contributed by atoms with Gasteiger partial charge in [0, 0.05) is 39.3 Å². The van der Waals surface area contributed by atoms with Crippen LogP contribution in [-0.2, 0) is 9.47 Å². The molecule has 0 bridgehead atoms. The standard InChI is InChI=1S/C32H42N4O8/c1-39-25-15-19-21(33-29(41-3)23-9-7-11-35(23)31(19)37)17-27(25)43-13-5-6-14-44-28-18-22-20(16-26(28)40-2)32(38)36-12-8-10-24(36)30(34-22)42-4/h15-18,23-24,29-30,33-34H,5-14H2,1-4H3/t23-,24-,29-,30-/m0/s1/i3D3,4D3. The van der Waals surface area contributed by atoms with Crippen LogP contribution in [0.5, 0.6) is 23.0 Å². The Morgan fingerprint density at radius 3 is 1.59 bits per heavy atom. The zero-order valence-electron chi connectivity index (χ0n) is 30.9. The first-order chi connectivity index (χ1) is 23.8. The van der Waals surface area contributed by atoms with E-state index in [-0.39, 0.29) is 25.0 Å². The predicted octanol–water partition coefficient (Wildman–Crippen LogP) is 3.95. The molecule has 0 unspecified atom stereocenters. The molecule has 4 heterocycles. The van der Waals surface area contributed by atoms with E-state index in [9.17, 15) is 9.59 Å². The van der Waals surface area contributed by atoms with Crippen molar-refractivity contribution < 1.29 is 46.2 Å². The lowest BCUT2D eigenvalue weighted by Crippen LogP contribution is -2.44. The Balaban J connectivity index is 1.10. The van der Waals surface area contributed by atoms with Crippen LogP contribution in [0.25, 0.3) is 0 Å². The number of fused-ring (bicyclic) bond motifs is 4. The molecule has 0 spiro atoms. The van der Waals surface area contributed by atoms with E-state index in [0.29, 0.717) is 84.3 Å². The lowest BCUT2D eigenvalue weighted by molar-refractivity contribution is 0.0418. The average molecular weight is 617 g/mol. The van der Waals surface area contributed by atoms with Gasteiger partial charge in [-0.3, -0.25) is 9.59 Å². The minimum Gasteiger partial charge on any atom is -0.493 e. The van der Waals surface area contributed by atoms with E-state index in [4.69, 9.17) is 36.6 Å². The maximum absolute atomic E-state index is 13.5. The van der Waals surface area contributed by atoms with Crippen LogP contribution < -0.4 is 29.6 Å². The summed E-state index contributed by atoms with van der Waals surface area (Å²) in [6.45, 7) is 1.55. The second-order valence-corrected chi connectivity index (χ2v) is 11.3. The third-order valence-electron chi connectivity index (χ3n) is 8.79. The van der Waals surface area contributed by atoms with Crippen LogP contribution in [0.1, 0.15) is 67.5 Å². The van der Waals surface area contributed by atoms with Crippen molar-refractivity contribution in [2.45, 2.75) is 63.1 Å². The Morgan fingerprint density at radius 1 is 0.727 bits per heavy atom. The highest BCUT2D eigenvalue weighted by atomic mass is 16.5. The van der Waals surface area contributed by atoms with Crippen LogP contribution in [0.15, 0.2) is 24.3 Å². The summed E-state index contributed by atoms with van der Waals surface area (Å²) >= 11 is 0. The number of rotatable bonds is 11. The number of benzene rings is 2. The van der Waals surface area contributed by atoms with Crippen LogP contribution in [0.2, 0.25) is 0 Å². The van der Waals surface area contributed by atoms with Gasteiger partial charge in [-0.15, -0.1) is 0 Å². The van der Waals surface area contributed by atoms with E-state index in [1.54, 1.807) is 34.1 Å². The van der Waals surface area contributed by atoms with Crippen LogP contribution >= 0.6 is 0 Å². The Labute approximate surface area is 266 Å². The Kier molecular flexibility index (Phi) is 6.93. The summed E-state index contributed by atoms with van der Waals surface area (Å²) in [5.74, 6) is 1.00. The molecule has 2 fully saturated rings. The molecule has 4 aliphatic heterocycles. The molecule has 6 rings (SSSR count). The highest BCUT2D eigenvalue weighted by molar-refractivity contribution is 6.02. The fourth-order valence-electron chi connectivity index (χ4n) is 6.57. The van der Waals surface area contributed by atoms with E-state index in [0.717, 1.165) is 12.8 Å². The van der Waals surface area contributed by atoms with Gasteiger partial charge in [0.05, 0.1) is 70.2 Å². The van der Waals surface area contributed by atoms with E-state index in [2.05, 4.69) is 10.6 Å². The van der Waals surface area contributed by atoms with Crippen molar-refractivity contribution in [2.24, 2.45) is 0 Å². The maximum atomic E-state index is 13.5. The molecule has 4 atom stereocenters. The van der Waals surface area contributed by atoms with Gasteiger partial charge in [0.2, 0.25) is 0 Å². The normalized spacial score (nSPS) is 26.4. The van der Waals surface area contributed by atoms with Gasteiger partial charge < -0.3 is 48.9 Å².